The van der Waals surface area contributed by atoms with Crippen molar-refractivity contribution in [2.45, 2.75) is 32.0 Å². The molecule has 128 valence electrons. The number of carbonyl (C=O) groups excluding carboxylic acids is 1. The molecule has 0 atom stereocenters. The Balaban J connectivity index is 1.55. The zero-order valence-electron chi connectivity index (χ0n) is 13.6. The molecule has 2 heterocycles. The summed E-state index contributed by atoms with van der Waals surface area (Å²) in [6.45, 7) is 1.09. The number of carbonyl (C=O) groups is 1. The lowest BCUT2D eigenvalue weighted by molar-refractivity contribution is 0.0691. The van der Waals surface area contributed by atoms with Gasteiger partial charge >= 0.3 is 0 Å². The zero-order chi connectivity index (χ0) is 17.2. The molecule has 0 N–H and O–H groups in total. The van der Waals surface area contributed by atoms with Crippen LogP contribution in [0.2, 0.25) is 5.02 Å². The average molecular weight is 356 g/mol. The molecule has 1 saturated carbocycles. The van der Waals surface area contributed by atoms with Crippen molar-refractivity contribution in [2.75, 3.05) is 0 Å². The number of hydrogen-bond acceptors (Lipinski definition) is 3. The van der Waals surface area contributed by atoms with Gasteiger partial charge < -0.3 is 13.9 Å². The van der Waals surface area contributed by atoms with Crippen LogP contribution in [0.25, 0.3) is 0 Å². The van der Waals surface area contributed by atoms with Gasteiger partial charge in [-0.1, -0.05) is 29.8 Å². The van der Waals surface area contributed by atoms with E-state index in [-0.39, 0.29) is 11.9 Å². The molecule has 6 heteroatoms. The summed E-state index contributed by atoms with van der Waals surface area (Å²) in [4.78, 5) is 19.0. The number of amides is 1. The quantitative estimate of drug-likeness (QED) is 0.672. The Bertz CT molecular complexity index is 868. The highest BCUT2D eigenvalue weighted by molar-refractivity contribution is 6.31. The Morgan fingerprint density at radius 1 is 1.28 bits per heavy atom. The van der Waals surface area contributed by atoms with E-state index in [0.717, 1.165) is 29.3 Å². The molecule has 5 nitrogen and oxygen atoms in total. The highest BCUT2D eigenvalue weighted by Crippen LogP contribution is 2.30. The van der Waals surface area contributed by atoms with Crippen LogP contribution in [0.1, 0.15) is 34.8 Å². The van der Waals surface area contributed by atoms with Gasteiger partial charge in [-0.25, -0.2) is 4.98 Å². The molecule has 0 aliphatic heterocycles. The largest absolute Gasteiger partial charge is 0.459 e. The maximum atomic E-state index is 12.7. The molecule has 1 amide bonds. The van der Waals surface area contributed by atoms with Gasteiger partial charge in [0.2, 0.25) is 0 Å². The maximum Gasteiger partial charge on any atom is 0.290 e. The van der Waals surface area contributed by atoms with E-state index in [1.165, 1.54) is 6.26 Å². The number of hydrogen-bond donors (Lipinski definition) is 0. The maximum absolute atomic E-state index is 12.7. The van der Waals surface area contributed by atoms with Crippen molar-refractivity contribution in [3.8, 4) is 0 Å². The number of benzene rings is 1. The minimum atomic E-state index is -0.0835. The lowest BCUT2D eigenvalue weighted by atomic mass is 10.2. The van der Waals surface area contributed by atoms with Gasteiger partial charge in [-0.05, 0) is 36.6 Å². The molecule has 3 aromatic rings. The lowest BCUT2D eigenvalue weighted by Gasteiger charge is -2.21. The minimum absolute atomic E-state index is 0.0835. The molecule has 4 rings (SSSR count). The molecule has 0 unspecified atom stereocenters. The van der Waals surface area contributed by atoms with Crippen LogP contribution >= 0.6 is 11.6 Å². The van der Waals surface area contributed by atoms with Gasteiger partial charge in [0, 0.05) is 23.5 Å². The molecule has 1 fully saturated rings. The third-order valence-electron chi connectivity index (χ3n) is 4.39. The van der Waals surface area contributed by atoms with E-state index in [0.29, 0.717) is 18.8 Å². The van der Waals surface area contributed by atoms with Crippen LogP contribution in [0.3, 0.4) is 0 Å². The second-order valence-electron chi connectivity index (χ2n) is 6.20. The molecule has 1 aromatic carbocycles. The number of nitrogens with zero attached hydrogens (tertiary/aromatic N) is 3. The summed E-state index contributed by atoms with van der Waals surface area (Å²) in [5.41, 5.74) is 1.03. The van der Waals surface area contributed by atoms with Crippen molar-refractivity contribution in [1.29, 1.82) is 0 Å². The topological polar surface area (TPSA) is 51.3 Å². The summed E-state index contributed by atoms with van der Waals surface area (Å²) in [6.07, 6.45) is 7.25. The Kier molecular flexibility index (Phi) is 4.32. The van der Waals surface area contributed by atoms with Crippen LogP contribution in [0.5, 0.6) is 0 Å². The molecule has 0 spiro atoms. The summed E-state index contributed by atoms with van der Waals surface area (Å²) in [5.74, 6) is 1.13. The Hall–Kier alpha value is -2.53. The standard InChI is InChI=1S/C19H18ClN3O2/c20-16-5-2-1-4-14(16)12-22-10-9-21-18(22)13-23(15-7-8-15)19(24)17-6-3-11-25-17/h1-6,9-11,15H,7-8,12-13H2. The SMILES string of the molecule is O=C(c1ccco1)N(Cc1nccn1Cc1ccccc1Cl)C1CC1. The van der Waals surface area contributed by atoms with Crippen molar-refractivity contribution in [3.63, 3.8) is 0 Å². The fraction of sp³-hybridized carbons (Fsp3) is 0.263. The van der Waals surface area contributed by atoms with E-state index in [2.05, 4.69) is 4.98 Å². The fourth-order valence-corrected chi connectivity index (χ4v) is 3.09. The number of imidazole rings is 1. The zero-order valence-corrected chi connectivity index (χ0v) is 14.4. The summed E-state index contributed by atoms with van der Waals surface area (Å²) in [7, 11) is 0. The lowest BCUT2D eigenvalue weighted by Crippen LogP contribution is -2.33. The fourth-order valence-electron chi connectivity index (χ4n) is 2.89. The van der Waals surface area contributed by atoms with Gasteiger partial charge in [0.15, 0.2) is 5.76 Å². The molecular formula is C19H18ClN3O2. The first kappa shape index (κ1) is 16.0. The Morgan fingerprint density at radius 3 is 2.84 bits per heavy atom. The summed E-state index contributed by atoms with van der Waals surface area (Å²) >= 11 is 6.27. The minimum Gasteiger partial charge on any atom is -0.459 e. The second kappa shape index (κ2) is 6.76. The first-order valence-corrected chi connectivity index (χ1v) is 8.68. The molecule has 25 heavy (non-hydrogen) atoms. The molecule has 2 aromatic heterocycles. The van der Waals surface area contributed by atoms with Crippen LogP contribution in [0.15, 0.2) is 59.5 Å². The summed E-state index contributed by atoms with van der Waals surface area (Å²) in [6, 6.07) is 11.5. The molecule has 0 saturated heterocycles. The molecule has 0 radical (unpaired) electrons. The van der Waals surface area contributed by atoms with E-state index >= 15 is 0 Å². The third-order valence-corrected chi connectivity index (χ3v) is 4.76. The van der Waals surface area contributed by atoms with Gasteiger partial charge in [0.25, 0.3) is 5.91 Å². The van der Waals surface area contributed by atoms with Gasteiger partial charge in [-0.15, -0.1) is 0 Å². The van der Waals surface area contributed by atoms with E-state index in [4.69, 9.17) is 16.0 Å². The van der Waals surface area contributed by atoms with E-state index < -0.39 is 0 Å². The van der Waals surface area contributed by atoms with Crippen molar-refractivity contribution in [3.05, 3.63) is 77.2 Å². The average Bonchev–Trinajstić information content (AvgIpc) is 3.13. The van der Waals surface area contributed by atoms with Crippen LogP contribution in [0.4, 0.5) is 0 Å². The van der Waals surface area contributed by atoms with E-state index in [1.54, 1.807) is 18.3 Å². The molecule has 1 aliphatic rings. The van der Waals surface area contributed by atoms with Crippen LogP contribution in [0, 0.1) is 0 Å². The monoisotopic (exact) mass is 355 g/mol. The van der Waals surface area contributed by atoms with Crippen LogP contribution in [-0.2, 0) is 13.1 Å². The number of furan rings is 1. The van der Waals surface area contributed by atoms with Crippen molar-refractivity contribution in [1.82, 2.24) is 14.5 Å². The first-order chi connectivity index (χ1) is 12.2. The molecule has 0 bridgehead atoms. The number of rotatable bonds is 6. The van der Waals surface area contributed by atoms with Crippen molar-refractivity contribution in [2.24, 2.45) is 0 Å². The summed E-state index contributed by atoms with van der Waals surface area (Å²) in [5, 5.41) is 0.730. The second-order valence-corrected chi connectivity index (χ2v) is 6.61. The van der Waals surface area contributed by atoms with Crippen molar-refractivity contribution >= 4 is 17.5 Å². The normalized spacial score (nSPS) is 13.8. The van der Waals surface area contributed by atoms with Crippen LogP contribution < -0.4 is 0 Å². The highest BCUT2D eigenvalue weighted by atomic mass is 35.5. The number of aromatic nitrogens is 2. The van der Waals surface area contributed by atoms with Gasteiger partial charge in [-0.3, -0.25) is 4.79 Å². The predicted molar refractivity (Wildman–Crippen MR) is 94.4 cm³/mol. The first-order valence-electron chi connectivity index (χ1n) is 8.30. The van der Waals surface area contributed by atoms with Gasteiger partial charge in [-0.2, -0.15) is 0 Å². The van der Waals surface area contributed by atoms with Gasteiger partial charge in [0.1, 0.15) is 5.82 Å². The third kappa shape index (κ3) is 3.46. The van der Waals surface area contributed by atoms with Crippen LogP contribution in [-0.4, -0.2) is 26.4 Å². The molecular weight excluding hydrogens is 338 g/mol. The van der Waals surface area contributed by atoms with Gasteiger partial charge in [0.05, 0.1) is 19.4 Å². The van der Waals surface area contributed by atoms with E-state index in [9.17, 15) is 4.79 Å². The smallest absolute Gasteiger partial charge is 0.290 e. The Morgan fingerprint density at radius 2 is 2.12 bits per heavy atom. The van der Waals surface area contributed by atoms with Crippen molar-refractivity contribution < 1.29 is 9.21 Å². The summed E-state index contributed by atoms with van der Waals surface area (Å²) < 4.78 is 7.31. The number of halogens is 1. The van der Waals surface area contributed by atoms with E-state index in [1.807, 2.05) is 39.9 Å². The highest BCUT2D eigenvalue weighted by Gasteiger charge is 2.34. The Labute approximate surface area is 150 Å². The molecule has 1 aliphatic carbocycles. The predicted octanol–water partition coefficient (Wildman–Crippen LogP) is 3.98.